The SMILES string of the molecule is O=S(=O)(NCC1CC1)c1ccc(NCC2(O)CCC2)nc1. The molecule has 2 saturated carbocycles. The van der Waals surface area contributed by atoms with Crippen molar-refractivity contribution in [1.82, 2.24) is 9.71 Å². The van der Waals surface area contributed by atoms with Crippen molar-refractivity contribution in [3.8, 4) is 0 Å². The molecule has 2 fully saturated rings. The summed E-state index contributed by atoms with van der Waals surface area (Å²) >= 11 is 0. The van der Waals surface area contributed by atoms with Crippen molar-refractivity contribution in [2.24, 2.45) is 5.92 Å². The number of hydrogen-bond acceptors (Lipinski definition) is 5. The molecular weight excluding hydrogens is 290 g/mol. The third kappa shape index (κ3) is 3.72. The quantitative estimate of drug-likeness (QED) is 0.701. The lowest BCUT2D eigenvalue weighted by Gasteiger charge is -2.36. The van der Waals surface area contributed by atoms with E-state index >= 15 is 0 Å². The third-order valence-electron chi connectivity index (χ3n) is 4.19. The van der Waals surface area contributed by atoms with Crippen molar-refractivity contribution in [3.05, 3.63) is 18.3 Å². The van der Waals surface area contributed by atoms with Crippen molar-refractivity contribution in [3.63, 3.8) is 0 Å². The molecule has 0 radical (unpaired) electrons. The Labute approximate surface area is 125 Å². The molecule has 0 aromatic carbocycles. The van der Waals surface area contributed by atoms with Gasteiger partial charge in [0, 0.05) is 19.3 Å². The summed E-state index contributed by atoms with van der Waals surface area (Å²) in [5.41, 5.74) is -0.627. The standard InChI is InChI=1S/C14H21N3O3S/c18-14(6-1-7-14)10-16-13-5-4-12(9-15-13)21(19,20)17-8-11-2-3-11/h4-5,9,11,17-18H,1-3,6-8,10H2,(H,15,16). The Hall–Kier alpha value is -1.18. The van der Waals surface area contributed by atoms with E-state index in [1.54, 1.807) is 6.07 Å². The number of aliphatic hydroxyl groups is 1. The zero-order valence-corrected chi connectivity index (χ0v) is 12.7. The van der Waals surface area contributed by atoms with Crippen LogP contribution >= 0.6 is 0 Å². The van der Waals surface area contributed by atoms with Crippen LogP contribution in [0.1, 0.15) is 32.1 Å². The van der Waals surface area contributed by atoms with Crippen LogP contribution in [0.25, 0.3) is 0 Å². The molecule has 1 heterocycles. The van der Waals surface area contributed by atoms with Crippen LogP contribution in [-0.2, 0) is 10.0 Å². The van der Waals surface area contributed by atoms with Gasteiger partial charge in [0.1, 0.15) is 10.7 Å². The molecule has 2 aliphatic carbocycles. The molecule has 0 unspecified atom stereocenters. The molecule has 1 aromatic heterocycles. The van der Waals surface area contributed by atoms with Gasteiger partial charge in [-0.1, -0.05) is 0 Å². The summed E-state index contributed by atoms with van der Waals surface area (Å²) in [6, 6.07) is 3.17. The first-order valence-corrected chi connectivity index (χ1v) is 8.87. The monoisotopic (exact) mass is 311 g/mol. The summed E-state index contributed by atoms with van der Waals surface area (Å²) in [6.07, 6.45) is 6.21. The van der Waals surface area contributed by atoms with Gasteiger partial charge < -0.3 is 10.4 Å². The van der Waals surface area contributed by atoms with Gasteiger partial charge in [0.25, 0.3) is 0 Å². The van der Waals surface area contributed by atoms with Gasteiger partial charge in [-0.05, 0) is 50.2 Å². The van der Waals surface area contributed by atoms with E-state index in [-0.39, 0.29) is 4.90 Å². The van der Waals surface area contributed by atoms with Crippen LogP contribution in [-0.4, -0.2) is 37.2 Å². The Morgan fingerprint density at radius 3 is 2.62 bits per heavy atom. The number of hydrogen-bond donors (Lipinski definition) is 3. The van der Waals surface area contributed by atoms with E-state index in [2.05, 4.69) is 15.0 Å². The molecular formula is C14H21N3O3S. The number of sulfonamides is 1. The normalized spacial score (nSPS) is 20.8. The second kappa shape index (κ2) is 5.55. The minimum atomic E-state index is -3.46. The zero-order valence-electron chi connectivity index (χ0n) is 11.9. The van der Waals surface area contributed by atoms with E-state index in [1.807, 2.05) is 0 Å². The Balaban J connectivity index is 1.57. The first-order chi connectivity index (χ1) is 9.97. The van der Waals surface area contributed by atoms with Gasteiger partial charge in [-0.15, -0.1) is 0 Å². The molecule has 21 heavy (non-hydrogen) atoms. The highest BCUT2D eigenvalue weighted by Gasteiger charge is 2.34. The number of nitrogens with zero attached hydrogens (tertiary/aromatic N) is 1. The van der Waals surface area contributed by atoms with Crippen molar-refractivity contribution < 1.29 is 13.5 Å². The fraction of sp³-hybridized carbons (Fsp3) is 0.643. The highest BCUT2D eigenvalue weighted by atomic mass is 32.2. The number of aromatic nitrogens is 1. The van der Waals surface area contributed by atoms with E-state index in [0.29, 0.717) is 24.8 Å². The first kappa shape index (κ1) is 14.7. The fourth-order valence-electron chi connectivity index (χ4n) is 2.29. The third-order valence-corrected chi connectivity index (χ3v) is 5.60. The molecule has 0 aliphatic heterocycles. The van der Waals surface area contributed by atoms with Crippen molar-refractivity contribution in [1.29, 1.82) is 0 Å². The van der Waals surface area contributed by atoms with E-state index < -0.39 is 15.6 Å². The first-order valence-electron chi connectivity index (χ1n) is 7.39. The molecule has 0 spiro atoms. The van der Waals surface area contributed by atoms with Crippen molar-refractivity contribution in [2.75, 3.05) is 18.4 Å². The Morgan fingerprint density at radius 1 is 1.33 bits per heavy atom. The van der Waals surface area contributed by atoms with E-state index in [0.717, 1.165) is 32.1 Å². The molecule has 7 heteroatoms. The Morgan fingerprint density at radius 2 is 2.10 bits per heavy atom. The molecule has 0 atom stereocenters. The van der Waals surface area contributed by atoms with Gasteiger partial charge in [-0.3, -0.25) is 0 Å². The molecule has 116 valence electrons. The number of rotatable bonds is 7. The molecule has 0 saturated heterocycles. The number of pyridine rings is 1. The van der Waals surface area contributed by atoms with Crippen LogP contribution in [0, 0.1) is 5.92 Å². The van der Waals surface area contributed by atoms with Crippen LogP contribution in [0.2, 0.25) is 0 Å². The van der Waals surface area contributed by atoms with Crippen molar-refractivity contribution >= 4 is 15.8 Å². The average molecular weight is 311 g/mol. The summed E-state index contributed by atoms with van der Waals surface area (Å²) in [4.78, 5) is 4.28. The van der Waals surface area contributed by atoms with Crippen LogP contribution < -0.4 is 10.0 Å². The van der Waals surface area contributed by atoms with Gasteiger partial charge >= 0.3 is 0 Å². The molecule has 1 aromatic rings. The van der Waals surface area contributed by atoms with E-state index in [4.69, 9.17) is 0 Å². The van der Waals surface area contributed by atoms with Gasteiger partial charge in [0.05, 0.1) is 5.60 Å². The van der Waals surface area contributed by atoms with Crippen molar-refractivity contribution in [2.45, 2.75) is 42.6 Å². The predicted octanol–water partition coefficient (Wildman–Crippen LogP) is 1.10. The summed E-state index contributed by atoms with van der Waals surface area (Å²) in [6.45, 7) is 0.960. The summed E-state index contributed by atoms with van der Waals surface area (Å²) in [7, 11) is -3.46. The lowest BCUT2D eigenvalue weighted by molar-refractivity contribution is -0.0202. The molecule has 3 rings (SSSR count). The van der Waals surface area contributed by atoms with Gasteiger partial charge in [0.2, 0.25) is 10.0 Å². The summed E-state index contributed by atoms with van der Waals surface area (Å²) < 4.78 is 26.7. The summed E-state index contributed by atoms with van der Waals surface area (Å²) in [5.74, 6) is 1.08. The van der Waals surface area contributed by atoms with Crippen LogP contribution in [0.5, 0.6) is 0 Å². The minimum Gasteiger partial charge on any atom is -0.388 e. The molecule has 3 N–H and O–H groups in total. The topological polar surface area (TPSA) is 91.3 Å². The summed E-state index contributed by atoms with van der Waals surface area (Å²) in [5, 5.41) is 13.0. The highest BCUT2D eigenvalue weighted by Crippen LogP contribution is 2.31. The van der Waals surface area contributed by atoms with Crippen LogP contribution in [0.3, 0.4) is 0 Å². The largest absolute Gasteiger partial charge is 0.388 e. The number of anilines is 1. The molecule has 0 bridgehead atoms. The maximum Gasteiger partial charge on any atom is 0.242 e. The second-order valence-corrected chi connectivity index (χ2v) is 7.87. The van der Waals surface area contributed by atoms with E-state index in [9.17, 15) is 13.5 Å². The maximum absolute atomic E-state index is 12.0. The highest BCUT2D eigenvalue weighted by molar-refractivity contribution is 7.89. The molecule has 6 nitrogen and oxygen atoms in total. The average Bonchev–Trinajstić information content (AvgIpc) is 3.26. The van der Waals surface area contributed by atoms with Crippen LogP contribution in [0.15, 0.2) is 23.2 Å². The molecule has 0 amide bonds. The van der Waals surface area contributed by atoms with Gasteiger partial charge in [-0.2, -0.15) is 0 Å². The molecule has 2 aliphatic rings. The Kier molecular flexibility index (Phi) is 3.90. The Bertz CT molecular complexity index is 592. The maximum atomic E-state index is 12.0. The minimum absolute atomic E-state index is 0.177. The second-order valence-electron chi connectivity index (χ2n) is 6.11. The zero-order chi connectivity index (χ0) is 14.9. The smallest absolute Gasteiger partial charge is 0.242 e. The lowest BCUT2D eigenvalue weighted by Crippen LogP contribution is -2.43. The van der Waals surface area contributed by atoms with Gasteiger partial charge in [0.15, 0.2) is 0 Å². The number of nitrogens with one attached hydrogen (secondary N) is 2. The van der Waals surface area contributed by atoms with Crippen LogP contribution in [0.4, 0.5) is 5.82 Å². The lowest BCUT2D eigenvalue weighted by atomic mass is 9.80. The fourth-order valence-corrected chi connectivity index (χ4v) is 3.35. The van der Waals surface area contributed by atoms with Gasteiger partial charge in [-0.25, -0.2) is 18.1 Å². The predicted molar refractivity (Wildman–Crippen MR) is 79.4 cm³/mol. The van der Waals surface area contributed by atoms with E-state index in [1.165, 1.54) is 12.3 Å².